The molecule has 0 aliphatic heterocycles. The molecular formula is C8H16N2O3. The van der Waals surface area contributed by atoms with Crippen LogP contribution in [0.1, 0.15) is 12.8 Å². The highest BCUT2D eigenvalue weighted by atomic mass is 16.4. The SMILES string of the molecule is NC(CNCC1CC(O)C1)C(=O)O. The quantitative estimate of drug-likeness (QED) is 0.433. The van der Waals surface area contributed by atoms with Crippen LogP contribution in [-0.2, 0) is 4.79 Å². The Morgan fingerprint density at radius 2 is 2.23 bits per heavy atom. The van der Waals surface area contributed by atoms with Gasteiger partial charge in [0.05, 0.1) is 6.10 Å². The van der Waals surface area contributed by atoms with Crippen LogP contribution in [0.25, 0.3) is 0 Å². The number of nitrogens with two attached hydrogens (primary N) is 1. The average Bonchev–Trinajstić information content (AvgIpc) is 2.00. The molecule has 5 nitrogen and oxygen atoms in total. The van der Waals surface area contributed by atoms with Gasteiger partial charge in [0, 0.05) is 6.54 Å². The fourth-order valence-corrected chi connectivity index (χ4v) is 1.40. The van der Waals surface area contributed by atoms with Gasteiger partial charge in [0.1, 0.15) is 6.04 Å². The number of aliphatic hydroxyl groups excluding tert-OH is 1. The van der Waals surface area contributed by atoms with Gasteiger partial charge in [0.15, 0.2) is 0 Å². The third-order valence-corrected chi connectivity index (χ3v) is 2.33. The Morgan fingerprint density at radius 3 is 2.69 bits per heavy atom. The van der Waals surface area contributed by atoms with E-state index < -0.39 is 12.0 Å². The summed E-state index contributed by atoms with van der Waals surface area (Å²) in [6.07, 6.45) is 1.48. The van der Waals surface area contributed by atoms with Crippen molar-refractivity contribution < 1.29 is 15.0 Å². The van der Waals surface area contributed by atoms with Crippen molar-refractivity contribution in [3.8, 4) is 0 Å². The van der Waals surface area contributed by atoms with E-state index in [1.54, 1.807) is 0 Å². The first-order valence-electron chi connectivity index (χ1n) is 4.46. The number of rotatable bonds is 5. The van der Waals surface area contributed by atoms with Crippen LogP contribution >= 0.6 is 0 Å². The van der Waals surface area contributed by atoms with Gasteiger partial charge in [-0.3, -0.25) is 4.79 Å². The summed E-state index contributed by atoms with van der Waals surface area (Å²) >= 11 is 0. The number of hydrogen-bond acceptors (Lipinski definition) is 4. The third-order valence-electron chi connectivity index (χ3n) is 2.33. The first kappa shape index (κ1) is 10.4. The van der Waals surface area contributed by atoms with Crippen molar-refractivity contribution in [1.82, 2.24) is 5.32 Å². The van der Waals surface area contributed by atoms with Crippen molar-refractivity contribution in [1.29, 1.82) is 0 Å². The van der Waals surface area contributed by atoms with Gasteiger partial charge >= 0.3 is 5.97 Å². The van der Waals surface area contributed by atoms with E-state index in [1.807, 2.05) is 0 Å². The lowest BCUT2D eigenvalue weighted by Gasteiger charge is -2.31. The highest BCUT2D eigenvalue weighted by Gasteiger charge is 2.26. The van der Waals surface area contributed by atoms with Gasteiger partial charge in [0.2, 0.25) is 0 Å². The van der Waals surface area contributed by atoms with E-state index in [2.05, 4.69) is 5.32 Å². The van der Waals surface area contributed by atoms with Crippen LogP contribution in [0.3, 0.4) is 0 Å². The van der Waals surface area contributed by atoms with Gasteiger partial charge in [-0.15, -0.1) is 0 Å². The average molecular weight is 188 g/mol. The highest BCUT2D eigenvalue weighted by Crippen LogP contribution is 2.25. The van der Waals surface area contributed by atoms with Gasteiger partial charge < -0.3 is 21.3 Å². The standard InChI is InChI=1S/C8H16N2O3/c9-7(8(12)13)4-10-3-5-1-6(11)2-5/h5-7,10-11H,1-4,9H2,(H,12,13). The maximum absolute atomic E-state index is 10.3. The van der Waals surface area contributed by atoms with E-state index in [1.165, 1.54) is 0 Å². The first-order chi connectivity index (χ1) is 6.09. The summed E-state index contributed by atoms with van der Waals surface area (Å²) in [6.45, 7) is 1.04. The second-order valence-electron chi connectivity index (χ2n) is 3.59. The topological polar surface area (TPSA) is 95.6 Å². The van der Waals surface area contributed by atoms with Gasteiger partial charge in [-0.2, -0.15) is 0 Å². The number of aliphatic carboxylic acids is 1. The van der Waals surface area contributed by atoms with E-state index in [4.69, 9.17) is 15.9 Å². The Bertz CT molecular complexity index is 180. The molecule has 0 spiro atoms. The Morgan fingerprint density at radius 1 is 1.62 bits per heavy atom. The zero-order chi connectivity index (χ0) is 9.84. The van der Waals surface area contributed by atoms with Crippen LogP contribution in [0.5, 0.6) is 0 Å². The molecular weight excluding hydrogens is 172 g/mol. The van der Waals surface area contributed by atoms with Gasteiger partial charge in [-0.25, -0.2) is 0 Å². The maximum Gasteiger partial charge on any atom is 0.321 e. The second-order valence-corrected chi connectivity index (χ2v) is 3.59. The minimum Gasteiger partial charge on any atom is -0.480 e. The summed E-state index contributed by atoms with van der Waals surface area (Å²) in [5.41, 5.74) is 5.28. The summed E-state index contributed by atoms with van der Waals surface area (Å²) in [6, 6.07) is -0.829. The molecule has 1 aliphatic rings. The van der Waals surface area contributed by atoms with E-state index in [-0.39, 0.29) is 6.10 Å². The highest BCUT2D eigenvalue weighted by molar-refractivity contribution is 5.73. The molecule has 76 valence electrons. The number of nitrogens with one attached hydrogen (secondary N) is 1. The summed E-state index contributed by atoms with van der Waals surface area (Å²) in [7, 11) is 0. The predicted molar refractivity (Wildman–Crippen MR) is 47.2 cm³/mol. The van der Waals surface area contributed by atoms with E-state index in [0.29, 0.717) is 12.5 Å². The van der Waals surface area contributed by atoms with Crippen molar-refractivity contribution in [2.45, 2.75) is 25.0 Å². The van der Waals surface area contributed by atoms with E-state index >= 15 is 0 Å². The normalized spacial score (nSPS) is 29.4. The molecule has 1 fully saturated rings. The van der Waals surface area contributed by atoms with Crippen LogP contribution in [0.15, 0.2) is 0 Å². The van der Waals surface area contributed by atoms with E-state index in [0.717, 1.165) is 19.4 Å². The molecule has 0 aromatic rings. The molecule has 5 N–H and O–H groups in total. The van der Waals surface area contributed by atoms with Crippen LogP contribution in [-0.4, -0.2) is 41.4 Å². The monoisotopic (exact) mass is 188 g/mol. The minimum atomic E-state index is -0.985. The molecule has 13 heavy (non-hydrogen) atoms. The van der Waals surface area contributed by atoms with Crippen molar-refractivity contribution in [2.24, 2.45) is 11.7 Å². The Hall–Kier alpha value is -0.650. The van der Waals surface area contributed by atoms with Crippen molar-refractivity contribution >= 4 is 5.97 Å². The van der Waals surface area contributed by atoms with Crippen molar-refractivity contribution in [3.63, 3.8) is 0 Å². The van der Waals surface area contributed by atoms with Crippen LogP contribution in [0, 0.1) is 5.92 Å². The predicted octanol–water partition coefficient (Wildman–Crippen LogP) is -1.24. The minimum absolute atomic E-state index is 0.153. The molecule has 0 saturated heterocycles. The van der Waals surface area contributed by atoms with Crippen LogP contribution in [0.4, 0.5) is 0 Å². The number of aliphatic hydroxyl groups is 1. The molecule has 0 aromatic heterocycles. The third kappa shape index (κ3) is 3.30. The maximum atomic E-state index is 10.3. The fourth-order valence-electron chi connectivity index (χ4n) is 1.40. The lowest BCUT2D eigenvalue weighted by molar-refractivity contribution is -0.138. The molecule has 1 saturated carbocycles. The fraction of sp³-hybridized carbons (Fsp3) is 0.875. The van der Waals surface area contributed by atoms with Crippen molar-refractivity contribution in [3.05, 3.63) is 0 Å². The molecule has 0 amide bonds. The molecule has 0 heterocycles. The first-order valence-corrected chi connectivity index (χ1v) is 4.46. The molecule has 5 heteroatoms. The molecule has 0 aromatic carbocycles. The van der Waals surface area contributed by atoms with Gasteiger partial charge in [0.25, 0.3) is 0 Å². The number of carboxylic acid groups (broad SMARTS) is 1. The molecule has 0 radical (unpaired) electrons. The van der Waals surface area contributed by atoms with Crippen molar-refractivity contribution in [2.75, 3.05) is 13.1 Å². The summed E-state index contributed by atoms with van der Waals surface area (Å²) < 4.78 is 0. The van der Waals surface area contributed by atoms with Gasteiger partial charge in [-0.1, -0.05) is 0 Å². The lowest BCUT2D eigenvalue weighted by Crippen LogP contribution is -2.44. The molecule has 1 unspecified atom stereocenters. The Balaban J connectivity index is 1.98. The van der Waals surface area contributed by atoms with Crippen LogP contribution < -0.4 is 11.1 Å². The number of carboxylic acids is 1. The smallest absolute Gasteiger partial charge is 0.321 e. The largest absolute Gasteiger partial charge is 0.480 e. The molecule has 1 rings (SSSR count). The van der Waals surface area contributed by atoms with Crippen LogP contribution in [0.2, 0.25) is 0 Å². The number of carbonyl (C=O) groups is 1. The van der Waals surface area contributed by atoms with Gasteiger partial charge in [-0.05, 0) is 25.3 Å². The summed E-state index contributed by atoms with van der Waals surface area (Å²) in [5.74, 6) is -0.503. The summed E-state index contributed by atoms with van der Waals surface area (Å²) in [4.78, 5) is 10.3. The number of hydrogen-bond donors (Lipinski definition) is 4. The lowest BCUT2D eigenvalue weighted by atomic mass is 9.82. The zero-order valence-electron chi connectivity index (χ0n) is 7.44. The Kier molecular flexibility index (Phi) is 3.65. The second kappa shape index (κ2) is 4.55. The molecule has 0 bridgehead atoms. The molecule has 1 aliphatic carbocycles. The Labute approximate surface area is 76.9 Å². The van der Waals surface area contributed by atoms with E-state index in [9.17, 15) is 4.79 Å². The summed E-state index contributed by atoms with van der Waals surface area (Å²) in [5, 5.41) is 20.4. The molecule has 1 atom stereocenters. The zero-order valence-corrected chi connectivity index (χ0v) is 7.44.